The maximum Gasteiger partial charge on any atom is 0.242 e. The van der Waals surface area contributed by atoms with Crippen LogP contribution in [0.2, 0.25) is 5.02 Å². The molecule has 8 heteroatoms. The molecule has 0 bridgehead atoms. The van der Waals surface area contributed by atoms with Crippen LogP contribution >= 0.6 is 35.6 Å². The summed E-state index contributed by atoms with van der Waals surface area (Å²) in [7, 11) is 1.60. The predicted molar refractivity (Wildman–Crippen MR) is 131 cm³/mol. The zero-order valence-electron chi connectivity index (χ0n) is 17.4. The van der Waals surface area contributed by atoms with Crippen molar-refractivity contribution < 1.29 is 14.3 Å². The van der Waals surface area contributed by atoms with Crippen LogP contribution in [0.4, 0.5) is 0 Å². The van der Waals surface area contributed by atoms with Crippen LogP contribution in [0.25, 0.3) is 0 Å². The molecule has 2 heterocycles. The first-order chi connectivity index (χ1) is 15.5. The number of methoxy groups -OCH3 is 1. The third kappa shape index (κ3) is 5.23. The van der Waals surface area contributed by atoms with E-state index in [1.807, 2.05) is 54.6 Å². The SMILES string of the molecule is COc1cc(C[C@@H]2SC(=S)N(Cc3cccnc3)C2=O)ccc1OCc1ccccc1Cl. The van der Waals surface area contributed by atoms with E-state index in [0.29, 0.717) is 40.4 Å². The predicted octanol–water partition coefficient (Wildman–Crippen LogP) is 5.29. The quantitative estimate of drug-likeness (QED) is 0.405. The second kappa shape index (κ2) is 10.3. The van der Waals surface area contributed by atoms with Crippen molar-refractivity contribution in [2.75, 3.05) is 7.11 Å². The molecule has 5 nitrogen and oxygen atoms in total. The molecule has 1 aromatic heterocycles. The molecule has 0 unspecified atom stereocenters. The summed E-state index contributed by atoms with van der Waals surface area (Å²) in [4.78, 5) is 18.7. The van der Waals surface area contributed by atoms with Crippen LogP contribution in [0.1, 0.15) is 16.7 Å². The highest BCUT2D eigenvalue weighted by Gasteiger charge is 2.36. The lowest BCUT2D eigenvalue weighted by molar-refractivity contribution is -0.126. The summed E-state index contributed by atoms with van der Waals surface area (Å²) in [6, 6.07) is 17.1. The van der Waals surface area contributed by atoms with Gasteiger partial charge in [-0.3, -0.25) is 14.7 Å². The first kappa shape index (κ1) is 22.6. The van der Waals surface area contributed by atoms with Gasteiger partial charge in [-0.05, 0) is 41.8 Å². The van der Waals surface area contributed by atoms with E-state index in [2.05, 4.69) is 4.98 Å². The van der Waals surface area contributed by atoms with Gasteiger partial charge in [0.1, 0.15) is 10.9 Å². The normalized spacial score (nSPS) is 15.8. The maximum absolute atomic E-state index is 13.0. The van der Waals surface area contributed by atoms with Gasteiger partial charge in [0.2, 0.25) is 5.91 Å². The first-order valence-electron chi connectivity index (χ1n) is 9.99. The molecular weight excluding hydrogens is 464 g/mol. The Morgan fingerprint density at radius 2 is 1.97 bits per heavy atom. The molecule has 164 valence electrons. The van der Waals surface area contributed by atoms with Crippen molar-refractivity contribution in [3.05, 3.63) is 88.7 Å². The number of carbonyl (C=O) groups is 1. The smallest absolute Gasteiger partial charge is 0.242 e. The number of ether oxygens (including phenoxy) is 2. The van der Waals surface area contributed by atoms with Crippen molar-refractivity contribution in [1.82, 2.24) is 9.88 Å². The Morgan fingerprint density at radius 3 is 2.72 bits per heavy atom. The molecule has 3 aromatic rings. The molecule has 4 rings (SSSR count). The first-order valence-corrected chi connectivity index (χ1v) is 11.7. The fourth-order valence-corrected chi connectivity index (χ4v) is 5.11. The second-order valence-corrected chi connectivity index (χ2v) is 9.47. The Morgan fingerprint density at radius 1 is 1.12 bits per heavy atom. The van der Waals surface area contributed by atoms with Gasteiger partial charge in [-0.15, -0.1) is 0 Å². The van der Waals surface area contributed by atoms with Gasteiger partial charge in [0.15, 0.2) is 11.5 Å². The Kier molecular flexibility index (Phi) is 7.29. The minimum absolute atomic E-state index is 0.0156. The Balaban J connectivity index is 1.42. The molecule has 1 fully saturated rings. The van der Waals surface area contributed by atoms with Crippen LogP contribution in [0.5, 0.6) is 11.5 Å². The van der Waals surface area contributed by atoms with Crippen molar-refractivity contribution in [2.45, 2.75) is 24.8 Å². The van der Waals surface area contributed by atoms with Crippen LogP contribution < -0.4 is 9.47 Å². The highest BCUT2D eigenvalue weighted by molar-refractivity contribution is 8.24. The van der Waals surface area contributed by atoms with Crippen molar-refractivity contribution in [3.8, 4) is 11.5 Å². The molecule has 1 aliphatic rings. The highest BCUT2D eigenvalue weighted by Crippen LogP contribution is 2.34. The largest absolute Gasteiger partial charge is 0.493 e. The van der Waals surface area contributed by atoms with E-state index in [0.717, 1.165) is 16.7 Å². The molecule has 1 amide bonds. The van der Waals surface area contributed by atoms with Gasteiger partial charge in [0.25, 0.3) is 0 Å². The van der Waals surface area contributed by atoms with E-state index < -0.39 is 0 Å². The van der Waals surface area contributed by atoms with Crippen LogP contribution in [-0.4, -0.2) is 32.5 Å². The number of nitrogens with zero attached hydrogens (tertiary/aromatic N) is 2. The summed E-state index contributed by atoms with van der Waals surface area (Å²) in [5, 5.41) is 0.394. The molecule has 0 saturated carbocycles. The molecule has 0 aliphatic carbocycles. The summed E-state index contributed by atoms with van der Waals surface area (Å²) < 4.78 is 12.0. The van der Waals surface area contributed by atoms with Gasteiger partial charge < -0.3 is 9.47 Å². The molecule has 1 atom stereocenters. The molecule has 2 aromatic carbocycles. The van der Waals surface area contributed by atoms with Crippen molar-refractivity contribution in [1.29, 1.82) is 0 Å². The van der Waals surface area contributed by atoms with Crippen LogP contribution in [0.15, 0.2) is 67.0 Å². The van der Waals surface area contributed by atoms with Crippen molar-refractivity contribution in [3.63, 3.8) is 0 Å². The minimum atomic E-state index is -0.265. The lowest BCUT2D eigenvalue weighted by atomic mass is 10.1. The van der Waals surface area contributed by atoms with E-state index >= 15 is 0 Å². The summed E-state index contributed by atoms with van der Waals surface area (Å²) in [6.45, 7) is 0.775. The Labute approximate surface area is 201 Å². The number of aromatic nitrogens is 1. The van der Waals surface area contributed by atoms with E-state index in [-0.39, 0.29) is 11.2 Å². The topological polar surface area (TPSA) is 51.7 Å². The molecule has 1 saturated heterocycles. The number of amides is 1. The van der Waals surface area contributed by atoms with Gasteiger partial charge in [0.05, 0.1) is 18.9 Å². The summed E-state index contributed by atoms with van der Waals surface area (Å²) in [5.41, 5.74) is 2.82. The van der Waals surface area contributed by atoms with Gasteiger partial charge in [0, 0.05) is 23.0 Å². The van der Waals surface area contributed by atoms with Crippen molar-refractivity contribution >= 4 is 45.8 Å². The standard InChI is InChI=1S/C24H21ClN2O3S2/c1-29-21-11-16(8-9-20(21)30-15-18-6-2-3-7-19(18)25)12-22-23(28)27(24(31)32-22)14-17-5-4-10-26-13-17/h2-11,13,22H,12,14-15H2,1H3/t22-/m0/s1. The molecule has 32 heavy (non-hydrogen) atoms. The lowest BCUT2D eigenvalue weighted by Gasteiger charge is -2.16. The third-order valence-electron chi connectivity index (χ3n) is 5.06. The van der Waals surface area contributed by atoms with Gasteiger partial charge >= 0.3 is 0 Å². The van der Waals surface area contributed by atoms with E-state index in [9.17, 15) is 4.79 Å². The number of thiocarbonyl (C=S) groups is 1. The Hall–Kier alpha value is -2.61. The van der Waals surface area contributed by atoms with Crippen LogP contribution in [0, 0.1) is 0 Å². The van der Waals surface area contributed by atoms with Gasteiger partial charge in [-0.25, -0.2) is 0 Å². The van der Waals surface area contributed by atoms with E-state index in [1.54, 1.807) is 24.4 Å². The van der Waals surface area contributed by atoms with Crippen LogP contribution in [0.3, 0.4) is 0 Å². The number of hydrogen-bond acceptors (Lipinski definition) is 6. The van der Waals surface area contributed by atoms with Crippen LogP contribution in [-0.2, 0) is 24.4 Å². The molecule has 0 radical (unpaired) electrons. The molecule has 1 aliphatic heterocycles. The lowest BCUT2D eigenvalue weighted by Crippen LogP contribution is -2.31. The summed E-state index contributed by atoms with van der Waals surface area (Å²) in [6.07, 6.45) is 4.01. The minimum Gasteiger partial charge on any atom is -0.493 e. The molecular formula is C24H21ClN2O3S2. The van der Waals surface area contributed by atoms with E-state index in [4.69, 9.17) is 33.3 Å². The van der Waals surface area contributed by atoms with Crippen molar-refractivity contribution in [2.24, 2.45) is 0 Å². The zero-order valence-corrected chi connectivity index (χ0v) is 19.8. The van der Waals surface area contributed by atoms with Gasteiger partial charge in [-0.2, -0.15) is 0 Å². The molecule has 0 N–H and O–H groups in total. The Bertz CT molecular complexity index is 1130. The highest BCUT2D eigenvalue weighted by atomic mass is 35.5. The number of thioether (sulfide) groups is 1. The number of pyridine rings is 1. The average Bonchev–Trinajstić information content (AvgIpc) is 3.07. The summed E-state index contributed by atoms with van der Waals surface area (Å²) >= 11 is 13.1. The maximum atomic E-state index is 13.0. The average molecular weight is 485 g/mol. The fraction of sp³-hybridized carbons (Fsp3) is 0.208. The number of rotatable bonds is 8. The van der Waals surface area contributed by atoms with E-state index in [1.165, 1.54) is 11.8 Å². The fourth-order valence-electron chi connectivity index (χ4n) is 3.39. The third-order valence-corrected chi connectivity index (χ3v) is 7.01. The molecule has 0 spiro atoms. The number of benzene rings is 2. The monoisotopic (exact) mass is 484 g/mol. The zero-order chi connectivity index (χ0) is 22.5. The number of hydrogen-bond donors (Lipinski definition) is 0. The number of halogens is 1. The number of carbonyl (C=O) groups excluding carboxylic acids is 1. The second-order valence-electron chi connectivity index (χ2n) is 7.23. The summed E-state index contributed by atoms with van der Waals surface area (Å²) in [5.74, 6) is 1.25. The van der Waals surface area contributed by atoms with Gasteiger partial charge in [-0.1, -0.05) is 65.9 Å².